The van der Waals surface area contributed by atoms with Crippen LogP contribution >= 0.6 is 35.6 Å². The number of furan rings is 1. The largest absolute Gasteiger partial charge is 0.460 e. The summed E-state index contributed by atoms with van der Waals surface area (Å²) in [5.41, 5.74) is 0.860. The molecule has 2 aromatic rings. The molecule has 0 radical (unpaired) electrons. The first-order valence-electron chi connectivity index (χ1n) is 5.45. The van der Waals surface area contributed by atoms with Crippen LogP contribution in [-0.4, -0.2) is 6.54 Å². The van der Waals surface area contributed by atoms with E-state index in [0.29, 0.717) is 10.0 Å². The lowest BCUT2D eigenvalue weighted by Crippen LogP contribution is -2.10. The number of benzene rings is 1. The molecule has 0 amide bonds. The fourth-order valence-electron chi connectivity index (χ4n) is 1.56. The molecule has 1 heterocycles. The number of halogens is 3. The number of rotatable bonds is 4. The van der Waals surface area contributed by atoms with Gasteiger partial charge in [0.1, 0.15) is 11.5 Å². The van der Waals surface area contributed by atoms with E-state index in [4.69, 9.17) is 27.6 Å². The number of nitrogens with one attached hydrogen (secondary N) is 1. The Bertz CT molecular complexity index is 511. The maximum Gasteiger partial charge on any atom is 0.135 e. The summed E-state index contributed by atoms with van der Waals surface area (Å²) < 4.78 is 5.70. The second-order valence-corrected chi connectivity index (χ2v) is 4.51. The van der Waals surface area contributed by atoms with Crippen molar-refractivity contribution in [1.82, 2.24) is 5.32 Å². The van der Waals surface area contributed by atoms with Gasteiger partial charge in [0, 0.05) is 10.6 Å². The predicted molar refractivity (Wildman–Crippen MR) is 78.8 cm³/mol. The fraction of sp³-hybridized carbons (Fsp3) is 0.231. The van der Waals surface area contributed by atoms with Crippen LogP contribution in [0.3, 0.4) is 0 Å². The van der Waals surface area contributed by atoms with Crippen molar-refractivity contribution < 1.29 is 4.42 Å². The van der Waals surface area contributed by atoms with Gasteiger partial charge in [-0.05, 0) is 36.9 Å². The van der Waals surface area contributed by atoms with E-state index in [1.807, 2.05) is 18.2 Å². The molecule has 2 rings (SSSR count). The summed E-state index contributed by atoms with van der Waals surface area (Å²) >= 11 is 12.0. The molecular formula is C13H14Cl3NO. The van der Waals surface area contributed by atoms with Crippen LogP contribution in [0.4, 0.5) is 0 Å². The molecule has 0 aliphatic carbocycles. The van der Waals surface area contributed by atoms with Gasteiger partial charge >= 0.3 is 0 Å². The summed E-state index contributed by atoms with van der Waals surface area (Å²) in [5, 5.41) is 4.43. The van der Waals surface area contributed by atoms with E-state index in [-0.39, 0.29) is 12.4 Å². The van der Waals surface area contributed by atoms with Crippen molar-refractivity contribution in [3.8, 4) is 11.3 Å². The van der Waals surface area contributed by atoms with Crippen LogP contribution in [0.1, 0.15) is 12.7 Å². The van der Waals surface area contributed by atoms with E-state index in [2.05, 4.69) is 12.2 Å². The molecule has 1 aromatic heterocycles. The van der Waals surface area contributed by atoms with Crippen LogP contribution in [0, 0.1) is 0 Å². The van der Waals surface area contributed by atoms with Gasteiger partial charge in [-0.15, -0.1) is 12.4 Å². The van der Waals surface area contributed by atoms with Crippen LogP contribution in [0.15, 0.2) is 34.7 Å². The quantitative estimate of drug-likeness (QED) is 0.879. The highest BCUT2D eigenvalue weighted by Crippen LogP contribution is 2.31. The fourth-order valence-corrected chi connectivity index (χ4v) is 2.06. The third kappa shape index (κ3) is 3.66. The molecule has 0 aliphatic heterocycles. The SMILES string of the molecule is CCNCc1ccc(-c2ccc(Cl)cc2Cl)o1.Cl. The molecule has 0 unspecified atom stereocenters. The monoisotopic (exact) mass is 305 g/mol. The average Bonchev–Trinajstić information content (AvgIpc) is 2.75. The lowest BCUT2D eigenvalue weighted by molar-refractivity contribution is 0.498. The molecule has 1 N–H and O–H groups in total. The minimum Gasteiger partial charge on any atom is -0.460 e. The van der Waals surface area contributed by atoms with Gasteiger partial charge in [-0.2, -0.15) is 0 Å². The highest BCUT2D eigenvalue weighted by Gasteiger charge is 2.08. The van der Waals surface area contributed by atoms with Crippen molar-refractivity contribution in [3.63, 3.8) is 0 Å². The second-order valence-electron chi connectivity index (χ2n) is 3.67. The standard InChI is InChI=1S/C13H13Cl2NO.ClH/c1-2-16-8-10-4-6-13(17-10)11-5-3-9(14)7-12(11)15;/h3-7,16H,2,8H2,1H3;1H. The number of hydrogen-bond acceptors (Lipinski definition) is 2. The van der Waals surface area contributed by atoms with Gasteiger partial charge in [0.15, 0.2) is 0 Å². The van der Waals surface area contributed by atoms with Crippen LogP contribution in [0.25, 0.3) is 11.3 Å². The first-order chi connectivity index (χ1) is 8.20. The highest BCUT2D eigenvalue weighted by atomic mass is 35.5. The van der Waals surface area contributed by atoms with Crippen molar-refractivity contribution in [2.75, 3.05) is 6.54 Å². The van der Waals surface area contributed by atoms with Crippen molar-refractivity contribution in [1.29, 1.82) is 0 Å². The zero-order valence-electron chi connectivity index (χ0n) is 9.87. The van der Waals surface area contributed by atoms with Gasteiger partial charge in [0.25, 0.3) is 0 Å². The van der Waals surface area contributed by atoms with Gasteiger partial charge in [0.2, 0.25) is 0 Å². The van der Waals surface area contributed by atoms with Gasteiger partial charge in [-0.25, -0.2) is 0 Å². The Kier molecular flexibility index (Phi) is 6.03. The van der Waals surface area contributed by atoms with E-state index in [1.165, 1.54) is 0 Å². The summed E-state index contributed by atoms with van der Waals surface area (Å²) in [4.78, 5) is 0. The Morgan fingerprint density at radius 1 is 1.17 bits per heavy atom. The van der Waals surface area contributed by atoms with E-state index >= 15 is 0 Å². The van der Waals surface area contributed by atoms with E-state index in [0.717, 1.165) is 30.2 Å². The zero-order valence-corrected chi connectivity index (χ0v) is 12.2. The lowest BCUT2D eigenvalue weighted by atomic mass is 10.2. The first kappa shape index (κ1) is 15.4. The second kappa shape index (κ2) is 7.05. The topological polar surface area (TPSA) is 25.2 Å². The minimum atomic E-state index is 0. The van der Waals surface area contributed by atoms with Crippen molar-refractivity contribution in [2.45, 2.75) is 13.5 Å². The summed E-state index contributed by atoms with van der Waals surface area (Å²) in [5.74, 6) is 1.66. The molecule has 0 fully saturated rings. The van der Waals surface area contributed by atoms with Crippen LogP contribution in [0.5, 0.6) is 0 Å². The maximum absolute atomic E-state index is 6.12. The third-order valence-corrected chi connectivity index (χ3v) is 2.96. The van der Waals surface area contributed by atoms with E-state index in [1.54, 1.807) is 12.1 Å². The summed E-state index contributed by atoms with van der Waals surface area (Å²) in [6, 6.07) is 9.24. The van der Waals surface area contributed by atoms with Gasteiger partial charge < -0.3 is 9.73 Å². The van der Waals surface area contributed by atoms with Crippen LogP contribution in [-0.2, 0) is 6.54 Å². The molecule has 0 saturated carbocycles. The van der Waals surface area contributed by atoms with Crippen molar-refractivity contribution in [3.05, 3.63) is 46.1 Å². The molecule has 1 aromatic carbocycles. The molecule has 0 spiro atoms. The molecule has 18 heavy (non-hydrogen) atoms. The Balaban J connectivity index is 0.00000162. The molecule has 0 saturated heterocycles. The molecule has 5 heteroatoms. The Hall–Kier alpha value is -0.670. The summed E-state index contributed by atoms with van der Waals surface area (Å²) in [6.07, 6.45) is 0. The Morgan fingerprint density at radius 2 is 1.94 bits per heavy atom. The van der Waals surface area contributed by atoms with Crippen molar-refractivity contribution in [2.24, 2.45) is 0 Å². The van der Waals surface area contributed by atoms with E-state index in [9.17, 15) is 0 Å². The Labute approximate surface area is 123 Å². The minimum absolute atomic E-state index is 0. The Morgan fingerprint density at radius 3 is 2.61 bits per heavy atom. The predicted octanol–water partition coefficient (Wildman–Crippen LogP) is 4.78. The average molecular weight is 307 g/mol. The van der Waals surface area contributed by atoms with Gasteiger partial charge in [-0.3, -0.25) is 0 Å². The van der Waals surface area contributed by atoms with Gasteiger partial charge in [-0.1, -0.05) is 30.1 Å². The smallest absolute Gasteiger partial charge is 0.135 e. The third-order valence-electron chi connectivity index (χ3n) is 2.41. The molecular weight excluding hydrogens is 293 g/mol. The zero-order chi connectivity index (χ0) is 12.3. The summed E-state index contributed by atoms with van der Waals surface area (Å²) in [7, 11) is 0. The van der Waals surface area contributed by atoms with Crippen molar-refractivity contribution >= 4 is 35.6 Å². The van der Waals surface area contributed by atoms with Gasteiger partial charge in [0.05, 0.1) is 11.6 Å². The van der Waals surface area contributed by atoms with Crippen LogP contribution in [0.2, 0.25) is 10.0 Å². The normalized spacial score (nSPS) is 10.2. The molecule has 0 bridgehead atoms. The first-order valence-corrected chi connectivity index (χ1v) is 6.21. The maximum atomic E-state index is 6.12. The summed E-state index contributed by atoms with van der Waals surface area (Å²) in [6.45, 7) is 3.69. The van der Waals surface area contributed by atoms with E-state index < -0.39 is 0 Å². The number of hydrogen-bond donors (Lipinski definition) is 1. The van der Waals surface area contributed by atoms with Crippen LogP contribution < -0.4 is 5.32 Å². The highest BCUT2D eigenvalue weighted by molar-refractivity contribution is 6.36. The molecule has 2 nitrogen and oxygen atoms in total. The lowest BCUT2D eigenvalue weighted by Gasteiger charge is -2.01. The molecule has 0 aliphatic rings. The molecule has 98 valence electrons. The molecule has 0 atom stereocenters.